The Balaban J connectivity index is 0.000000787. The molecule has 0 saturated carbocycles. The molecule has 11 saturated heterocycles. The van der Waals surface area contributed by atoms with E-state index in [4.69, 9.17) is 0 Å². The third-order valence-corrected chi connectivity index (χ3v) is 31.3. The van der Waals surface area contributed by atoms with Crippen LogP contribution >= 0.6 is 0 Å². The van der Waals surface area contributed by atoms with Crippen molar-refractivity contribution in [2.45, 2.75) is 294 Å². The van der Waals surface area contributed by atoms with Crippen molar-refractivity contribution in [3.8, 4) is 0 Å². The van der Waals surface area contributed by atoms with Crippen LogP contribution in [-0.4, -0.2) is 263 Å². The van der Waals surface area contributed by atoms with Crippen LogP contribution in [0.15, 0.2) is 139 Å². The summed E-state index contributed by atoms with van der Waals surface area (Å²) >= 11 is 0. The summed E-state index contributed by atoms with van der Waals surface area (Å²) in [5.41, 5.74) is 0.383. The summed E-state index contributed by atoms with van der Waals surface area (Å²) in [6, 6.07) is 0. The van der Waals surface area contributed by atoms with Gasteiger partial charge in [-0.3, -0.25) is 52.7 Å². The molecule has 0 aromatic rings. The van der Waals surface area contributed by atoms with Gasteiger partial charge >= 0.3 is 0 Å². The summed E-state index contributed by atoms with van der Waals surface area (Å²) in [6.45, 7) is 110. The highest BCUT2D eigenvalue weighted by atomic mass is 16.2. The Morgan fingerprint density at radius 1 is 0.189 bits per heavy atom. The van der Waals surface area contributed by atoms with Gasteiger partial charge in [0.1, 0.15) is 0 Å². The lowest BCUT2D eigenvalue weighted by atomic mass is 9.81. The summed E-state index contributed by atoms with van der Waals surface area (Å²) in [4.78, 5) is 145. The molecule has 22 heteroatoms. The Hall–Kier alpha value is -8.69. The van der Waals surface area contributed by atoms with Gasteiger partial charge in [-0.25, -0.2) is 0 Å². The maximum Gasteiger partial charge on any atom is 0.245 e. The van der Waals surface area contributed by atoms with Gasteiger partial charge in [0.05, 0.1) is 0 Å². The first kappa shape index (κ1) is 132. The number of likely N-dealkylation sites (tertiary alicyclic amines) is 11. The molecule has 11 rings (SSSR count). The van der Waals surface area contributed by atoms with Crippen LogP contribution in [0, 0.1) is 130 Å². The first-order valence-corrected chi connectivity index (χ1v) is 55.5. The van der Waals surface area contributed by atoms with E-state index in [0.29, 0.717) is 118 Å². The van der Waals surface area contributed by atoms with E-state index in [1.165, 1.54) is 131 Å². The van der Waals surface area contributed by atoms with Crippen molar-refractivity contribution in [2.24, 2.45) is 130 Å². The molecule has 0 N–H and O–H groups in total. The predicted molar refractivity (Wildman–Crippen MR) is 598 cm³/mol. The number of hydrogen-bond donors (Lipinski definition) is 0. The van der Waals surface area contributed by atoms with Gasteiger partial charge < -0.3 is 53.9 Å². The van der Waals surface area contributed by atoms with Crippen molar-refractivity contribution in [2.75, 3.05) is 144 Å². The number of carbonyl (C=O) groups is 11. The molecule has 0 bridgehead atoms. The maximum absolute atomic E-state index is 11.5. The third kappa shape index (κ3) is 52.0. The van der Waals surface area contributed by atoms with Crippen LogP contribution in [0.25, 0.3) is 0 Å². The predicted octanol–water partition coefficient (Wildman–Crippen LogP) is 22.7. The van der Waals surface area contributed by atoms with E-state index >= 15 is 0 Å². The quantitative estimate of drug-likeness (QED) is 0.0927. The second-order valence-corrected chi connectivity index (χ2v) is 46.4. The Bertz CT molecular complexity index is 3560. The first-order valence-electron chi connectivity index (χ1n) is 55.5. The van der Waals surface area contributed by atoms with Gasteiger partial charge in [-0.2, -0.15) is 0 Å². The summed E-state index contributed by atoms with van der Waals surface area (Å²) in [6.07, 6.45) is 40.7. The van der Waals surface area contributed by atoms with E-state index in [-0.39, 0.29) is 65.0 Å². The van der Waals surface area contributed by atoms with Crippen molar-refractivity contribution in [1.29, 1.82) is 0 Å². The lowest BCUT2D eigenvalue weighted by molar-refractivity contribution is -0.133. The number of piperidine rings is 4. The maximum atomic E-state index is 11.5. The smallest absolute Gasteiger partial charge is 0.245 e. The van der Waals surface area contributed by atoms with Crippen molar-refractivity contribution in [1.82, 2.24) is 53.9 Å². The zero-order valence-corrected chi connectivity index (χ0v) is 95.1. The standard InChI is InChI=1S/3C12H21NO.5C11H19NO.3C10H17NO/c3*1-4-12(14)13-8-6-5-7-11(9-13)10(2)3;1-5-10(13)12-7-9(8-12)6-11(2,3)4;1-4-11(13)12-7-5-10(6-8-12)9(2)3;3*1-4-11(13)12-7-5-6-10(8-12)9(2)3;3*1-4-10(12)11-6-5-9(7-11)8(2)3/h3*4,10-11H,1,5-9H2,2-3H3;5,9H,1,6-8H2,2-4H3;4*4,9-10H,1,5-8H2,2-3H3;3*4,8-9H,1,5-7H2,2-3H3/t2*11-;;;;2*10-;;2*9-;/m10...10.10./s1. The fourth-order valence-corrected chi connectivity index (χ4v) is 20.6. The van der Waals surface area contributed by atoms with Crippen LogP contribution in [0.3, 0.4) is 0 Å². The summed E-state index contributed by atoms with van der Waals surface area (Å²) in [7, 11) is 0. The number of nitrogens with zero attached hydrogens (tertiary/aromatic N) is 11. The van der Waals surface area contributed by atoms with Crippen LogP contribution < -0.4 is 0 Å². The molecule has 3 unspecified atom stereocenters. The molecule has 11 fully saturated rings. The van der Waals surface area contributed by atoms with Crippen LogP contribution in [-0.2, 0) is 52.7 Å². The van der Waals surface area contributed by atoms with Crippen LogP contribution in [0.1, 0.15) is 294 Å². The van der Waals surface area contributed by atoms with Gasteiger partial charge in [0.2, 0.25) is 65.0 Å². The van der Waals surface area contributed by atoms with E-state index < -0.39 is 0 Å². The molecule has 0 spiro atoms. The van der Waals surface area contributed by atoms with Crippen LogP contribution in [0.4, 0.5) is 0 Å². The van der Waals surface area contributed by atoms with Gasteiger partial charge in [-0.05, 0) is 312 Å². The molecule has 9 atom stereocenters. The molecule has 11 aliphatic rings. The summed E-state index contributed by atoms with van der Waals surface area (Å²) in [5, 5.41) is 0. The van der Waals surface area contributed by atoms with Crippen LogP contribution in [0.5, 0.6) is 0 Å². The zero-order valence-electron chi connectivity index (χ0n) is 95.1. The second kappa shape index (κ2) is 71.8. The number of hydrogen-bond acceptors (Lipinski definition) is 11. The Morgan fingerprint density at radius 3 is 0.497 bits per heavy atom. The van der Waals surface area contributed by atoms with Gasteiger partial charge in [0.15, 0.2) is 0 Å². The summed E-state index contributed by atoms with van der Waals surface area (Å²) < 4.78 is 0. The van der Waals surface area contributed by atoms with Gasteiger partial charge in [-0.15, -0.1) is 0 Å². The minimum atomic E-state index is 0.0742. The Kier molecular flexibility index (Phi) is 66.4. The summed E-state index contributed by atoms with van der Waals surface area (Å²) in [5.74, 6) is 15.4. The lowest BCUT2D eigenvalue weighted by Gasteiger charge is -2.41. The molecule has 0 aromatic heterocycles. The van der Waals surface area contributed by atoms with Crippen molar-refractivity contribution in [3.05, 3.63) is 139 Å². The minimum absolute atomic E-state index is 0.0742. The zero-order chi connectivity index (χ0) is 109. The molecule has 0 aromatic carbocycles. The molecular weight excluding hydrogens is 1780 g/mol. The minimum Gasteiger partial charge on any atom is -0.339 e. The topological polar surface area (TPSA) is 223 Å². The first-order chi connectivity index (χ1) is 67.4. The fourth-order valence-electron chi connectivity index (χ4n) is 20.6. The van der Waals surface area contributed by atoms with Crippen molar-refractivity contribution < 1.29 is 52.7 Å². The van der Waals surface area contributed by atoms with E-state index in [9.17, 15) is 52.7 Å². The molecule has 22 nitrogen and oxygen atoms in total. The molecule has 11 amide bonds. The van der Waals surface area contributed by atoms with Crippen molar-refractivity contribution >= 4 is 65.0 Å². The Labute approximate surface area is 873 Å². The fraction of sp³-hybridized carbons (Fsp3) is 0.727. The molecule has 11 heterocycles. The SMILES string of the molecule is C=CC(=O)N1CC(CC(C)(C)C)C1.C=CC(=O)N1CCC(C(C)C)C1.C=CC(=O)N1CCC(C(C)C)CC1.C=CC(=O)N1CCCC(C(C)C)C1.C=CC(=O)N1CCCCC(C(C)C)C1.C=CC(=O)N1CCCC[C@@H](C(C)C)C1.C=CC(=O)N1CCCC[C@H](C(C)C)C1.C=CC(=O)N1CCC[C@@H](C(C)C)C1.C=CC(=O)N1CCC[C@H](C(C)C)C1.C=CC(=O)N1CC[C@@H](C(C)C)C1.C=CC(=O)N1CC[C@H](C(C)C)C1. The van der Waals surface area contributed by atoms with Gasteiger partial charge in [-0.1, -0.05) is 251 Å². The van der Waals surface area contributed by atoms with E-state index in [1.54, 1.807) is 0 Å². The highest BCUT2D eigenvalue weighted by Gasteiger charge is 2.36. The highest BCUT2D eigenvalue weighted by molar-refractivity contribution is 5.91. The second-order valence-electron chi connectivity index (χ2n) is 46.4. The molecule has 0 aliphatic carbocycles. The lowest BCUT2D eigenvalue weighted by Crippen LogP contribution is -2.50. The van der Waals surface area contributed by atoms with Crippen LogP contribution in [0.2, 0.25) is 0 Å². The van der Waals surface area contributed by atoms with E-state index in [2.05, 4.69) is 232 Å². The van der Waals surface area contributed by atoms with Gasteiger partial charge in [0.25, 0.3) is 0 Å². The highest BCUT2D eigenvalue weighted by Crippen LogP contribution is 2.34. The van der Waals surface area contributed by atoms with E-state index in [0.717, 1.165) is 226 Å². The molecule has 0 radical (unpaired) electrons. The average Bonchev–Trinajstić information content (AvgIpc) is 1.79. The third-order valence-electron chi connectivity index (χ3n) is 31.3. The number of carbonyl (C=O) groups excluding carboxylic acids is 11. The molecule has 143 heavy (non-hydrogen) atoms. The average molecular weight is 1990 g/mol. The largest absolute Gasteiger partial charge is 0.339 e. The molecule has 11 aliphatic heterocycles. The molecule has 814 valence electrons. The van der Waals surface area contributed by atoms with E-state index in [1.807, 2.05) is 53.9 Å². The van der Waals surface area contributed by atoms with Crippen molar-refractivity contribution in [3.63, 3.8) is 0 Å². The Morgan fingerprint density at radius 2 is 0.329 bits per heavy atom. The number of rotatable bonds is 22. The monoisotopic (exact) mass is 1990 g/mol. The number of amides is 11. The normalized spacial score (nSPS) is 22.5. The molecular formula is C121H209N11O11. The van der Waals surface area contributed by atoms with Gasteiger partial charge in [0, 0.05) is 144 Å².